The first kappa shape index (κ1) is 7.15. The normalized spacial score (nSPS) is 13.0. The molecule has 1 aromatic rings. The maximum atomic E-state index is 9.26. The van der Waals surface area contributed by atoms with Crippen LogP contribution in [0.2, 0.25) is 0 Å². The van der Waals surface area contributed by atoms with E-state index >= 15 is 0 Å². The van der Waals surface area contributed by atoms with Crippen LogP contribution in [-0.4, -0.2) is 15.3 Å². The van der Waals surface area contributed by atoms with E-state index in [1.165, 1.54) is 0 Å². The van der Waals surface area contributed by atoms with Crippen LogP contribution in [0.1, 0.15) is 25.0 Å². The summed E-state index contributed by atoms with van der Waals surface area (Å²) in [5.41, 5.74) is 0.831. The molecular formula is C7H10N2O. The van der Waals surface area contributed by atoms with Gasteiger partial charge in [0.2, 0.25) is 0 Å². The van der Waals surface area contributed by atoms with E-state index < -0.39 is 6.10 Å². The summed E-state index contributed by atoms with van der Waals surface area (Å²) in [6.07, 6.45) is 3.48. The van der Waals surface area contributed by atoms with Gasteiger partial charge in [0, 0.05) is 11.8 Å². The first-order valence-electron chi connectivity index (χ1n) is 3.29. The number of aliphatic hydroxyl groups is 1. The van der Waals surface area contributed by atoms with Gasteiger partial charge in [0.25, 0.3) is 0 Å². The molecule has 1 rings (SSSR count). The maximum absolute atomic E-state index is 9.26. The Morgan fingerprint density at radius 2 is 2.40 bits per heavy atom. The first-order chi connectivity index (χ1) is 4.84. The third-order valence-electron chi connectivity index (χ3n) is 1.38. The lowest BCUT2D eigenvalue weighted by atomic mass is 10.1. The molecule has 1 aromatic heterocycles. The number of aromatic nitrogens is 2. The number of rotatable bonds is 2. The van der Waals surface area contributed by atoms with Gasteiger partial charge in [-0.05, 0) is 12.5 Å². The number of nitrogens with zero attached hydrogens (tertiary/aromatic N) is 2. The molecule has 0 aliphatic rings. The van der Waals surface area contributed by atoms with Gasteiger partial charge in [0.05, 0.1) is 12.3 Å². The Hall–Kier alpha value is -0.960. The summed E-state index contributed by atoms with van der Waals surface area (Å²) in [5, 5.41) is 16.5. The molecule has 0 aliphatic heterocycles. The van der Waals surface area contributed by atoms with Crippen LogP contribution in [0.4, 0.5) is 0 Å². The second-order valence-corrected chi connectivity index (χ2v) is 2.10. The summed E-state index contributed by atoms with van der Waals surface area (Å²) in [7, 11) is 0. The summed E-state index contributed by atoms with van der Waals surface area (Å²) in [5.74, 6) is 0. The van der Waals surface area contributed by atoms with Crippen LogP contribution in [0.25, 0.3) is 0 Å². The van der Waals surface area contributed by atoms with Crippen molar-refractivity contribution < 1.29 is 5.11 Å². The van der Waals surface area contributed by atoms with Crippen LogP contribution in [0.3, 0.4) is 0 Å². The predicted octanol–water partition coefficient (Wildman–Crippen LogP) is 0.920. The molecule has 1 N–H and O–H groups in total. The Labute approximate surface area is 59.7 Å². The van der Waals surface area contributed by atoms with Gasteiger partial charge in [-0.3, -0.25) is 0 Å². The first-order valence-corrected chi connectivity index (χ1v) is 3.29. The highest BCUT2D eigenvalue weighted by atomic mass is 16.3. The highest BCUT2D eigenvalue weighted by molar-refractivity contribution is 5.08. The van der Waals surface area contributed by atoms with Gasteiger partial charge < -0.3 is 5.11 Å². The van der Waals surface area contributed by atoms with Crippen LogP contribution in [-0.2, 0) is 0 Å². The van der Waals surface area contributed by atoms with Gasteiger partial charge in [-0.2, -0.15) is 10.2 Å². The Kier molecular flexibility index (Phi) is 2.34. The lowest BCUT2D eigenvalue weighted by Crippen LogP contribution is -1.95. The summed E-state index contributed by atoms with van der Waals surface area (Å²) in [4.78, 5) is 0. The van der Waals surface area contributed by atoms with Crippen LogP contribution >= 0.6 is 0 Å². The van der Waals surface area contributed by atoms with Gasteiger partial charge in [0.1, 0.15) is 0 Å². The molecule has 0 radical (unpaired) electrons. The van der Waals surface area contributed by atoms with Crippen LogP contribution < -0.4 is 0 Å². The van der Waals surface area contributed by atoms with E-state index in [1.54, 1.807) is 18.5 Å². The van der Waals surface area contributed by atoms with Crippen LogP contribution in [0, 0.1) is 0 Å². The van der Waals surface area contributed by atoms with Crippen molar-refractivity contribution in [2.24, 2.45) is 0 Å². The van der Waals surface area contributed by atoms with Crippen LogP contribution in [0.15, 0.2) is 18.5 Å². The monoisotopic (exact) mass is 138 g/mol. The molecule has 0 aromatic carbocycles. The zero-order valence-electron chi connectivity index (χ0n) is 5.86. The zero-order valence-corrected chi connectivity index (χ0v) is 5.86. The molecule has 0 amide bonds. The van der Waals surface area contributed by atoms with Gasteiger partial charge in [0.15, 0.2) is 0 Å². The Morgan fingerprint density at radius 1 is 1.60 bits per heavy atom. The molecule has 54 valence electrons. The van der Waals surface area contributed by atoms with Crippen molar-refractivity contribution in [3.05, 3.63) is 24.0 Å². The van der Waals surface area contributed by atoms with E-state index in [1.807, 2.05) is 6.92 Å². The van der Waals surface area contributed by atoms with E-state index in [2.05, 4.69) is 10.2 Å². The average Bonchev–Trinajstić information content (AvgIpc) is 2.05. The Bertz CT molecular complexity index is 188. The van der Waals surface area contributed by atoms with Crippen molar-refractivity contribution in [3.8, 4) is 0 Å². The molecule has 1 atom stereocenters. The molecule has 0 bridgehead atoms. The third-order valence-corrected chi connectivity index (χ3v) is 1.38. The molecular weight excluding hydrogens is 128 g/mol. The van der Waals surface area contributed by atoms with E-state index in [4.69, 9.17) is 0 Å². The minimum atomic E-state index is -0.393. The van der Waals surface area contributed by atoms with Crippen LogP contribution in [0.5, 0.6) is 0 Å². The van der Waals surface area contributed by atoms with E-state index in [0.29, 0.717) is 6.42 Å². The minimum Gasteiger partial charge on any atom is -0.388 e. The summed E-state index contributed by atoms with van der Waals surface area (Å²) >= 11 is 0. The Morgan fingerprint density at radius 3 is 2.90 bits per heavy atom. The van der Waals surface area contributed by atoms with Gasteiger partial charge in [-0.1, -0.05) is 6.92 Å². The van der Waals surface area contributed by atoms with Gasteiger partial charge in [-0.15, -0.1) is 0 Å². The molecule has 1 heterocycles. The van der Waals surface area contributed by atoms with Gasteiger partial charge in [-0.25, -0.2) is 0 Å². The average molecular weight is 138 g/mol. The molecule has 3 nitrogen and oxygen atoms in total. The van der Waals surface area contributed by atoms with Crippen molar-refractivity contribution in [2.45, 2.75) is 19.4 Å². The molecule has 0 spiro atoms. The fourth-order valence-electron chi connectivity index (χ4n) is 0.734. The van der Waals surface area contributed by atoms with Gasteiger partial charge >= 0.3 is 0 Å². The lowest BCUT2D eigenvalue weighted by Gasteiger charge is -2.04. The van der Waals surface area contributed by atoms with Crippen molar-refractivity contribution in [2.75, 3.05) is 0 Å². The number of hydrogen-bond acceptors (Lipinski definition) is 3. The summed E-state index contributed by atoms with van der Waals surface area (Å²) < 4.78 is 0. The predicted molar refractivity (Wildman–Crippen MR) is 37.3 cm³/mol. The minimum absolute atomic E-state index is 0.393. The number of aliphatic hydroxyl groups excluding tert-OH is 1. The standard InChI is InChI=1S/C7H10N2O/c1-2-7(10)6-3-4-8-9-5-6/h3-5,7,10H,2H2,1H3. The molecule has 1 unspecified atom stereocenters. The van der Waals surface area contributed by atoms with Crippen molar-refractivity contribution >= 4 is 0 Å². The molecule has 0 saturated carbocycles. The summed E-state index contributed by atoms with van der Waals surface area (Å²) in [6, 6.07) is 1.77. The zero-order chi connectivity index (χ0) is 7.40. The molecule has 0 fully saturated rings. The van der Waals surface area contributed by atoms with Crippen molar-refractivity contribution in [1.29, 1.82) is 0 Å². The number of hydrogen-bond donors (Lipinski definition) is 1. The Balaban J connectivity index is 2.75. The topological polar surface area (TPSA) is 46.0 Å². The molecule has 3 heteroatoms. The highest BCUT2D eigenvalue weighted by Gasteiger charge is 2.02. The van der Waals surface area contributed by atoms with Crippen molar-refractivity contribution in [3.63, 3.8) is 0 Å². The van der Waals surface area contributed by atoms with E-state index in [0.717, 1.165) is 5.56 Å². The fourth-order valence-corrected chi connectivity index (χ4v) is 0.734. The molecule has 10 heavy (non-hydrogen) atoms. The lowest BCUT2D eigenvalue weighted by molar-refractivity contribution is 0.173. The highest BCUT2D eigenvalue weighted by Crippen LogP contribution is 2.12. The molecule has 0 saturated heterocycles. The summed E-state index contributed by atoms with van der Waals surface area (Å²) in [6.45, 7) is 1.92. The SMILES string of the molecule is CCC(O)c1ccnnc1. The quantitative estimate of drug-likeness (QED) is 0.661. The molecule has 0 aliphatic carbocycles. The fraction of sp³-hybridized carbons (Fsp3) is 0.429. The second-order valence-electron chi connectivity index (χ2n) is 2.10. The maximum Gasteiger partial charge on any atom is 0.0803 e. The third kappa shape index (κ3) is 1.51. The van der Waals surface area contributed by atoms with E-state index in [9.17, 15) is 5.11 Å². The van der Waals surface area contributed by atoms with E-state index in [-0.39, 0.29) is 0 Å². The second kappa shape index (κ2) is 3.27. The largest absolute Gasteiger partial charge is 0.388 e. The smallest absolute Gasteiger partial charge is 0.0803 e. The van der Waals surface area contributed by atoms with Crippen molar-refractivity contribution in [1.82, 2.24) is 10.2 Å².